The number of carbonyl (C=O) groups is 1. The number of nitrogens with zero attached hydrogens (tertiary/aromatic N) is 3. The lowest BCUT2D eigenvalue weighted by Crippen LogP contribution is -2.31. The molecule has 2 aliphatic rings. The van der Waals surface area contributed by atoms with Gasteiger partial charge in [0.05, 0.1) is 5.56 Å². The molecule has 1 aromatic heterocycles. The molecule has 1 aliphatic heterocycles. The fraction of sp³-hybridized carbons (Fsp3) is 0.452. The molecule has 9 nitrogen and oxygen atoms in total. The highest BCUT2D eigenvalue weighted by Gasteiger charge is 2.39. The Balaban J connectivity index is 1.49. The van der Waals surface area contributed by atoms with E-state index in [1.807, 2.05) is 0 Å². The summed E-state index contributed by atoms with van der Waals surface area (Å²) in [5.74, 6) is -2.98. The van der Waals surface area contributed by atoms with Crippen molar-refractivity contribution >= 4 is 23.5 Å². The van der Waals surface area contributed by atoms with Crippen molar-refractivity contribution in [1.29, 1.82) is 0 Å². The van der Waals surface area contributed by atoms with Crippen molar-refractivity contribution in [3.05, 3.63) is 69.7 Å². The summed E-state index contributed by atoms with van der Waals surface area (Å²) in [5.41, 5.74) is -1.26. The van der Waals surface area contributed by atoms with Crippen LogP contribution in [0.3, 0.4) is 0 Å². The van der Waals surface area contributed by atoms with Gasteiger partial charge in [0.25, 0.3) is 0 Å². The van der Waals surface area contributed by atoms with Gasteiger partial charge >= 0.3 is 11.9 Å². The van der Waals surface area contributed by atoms with Crippen LogP contribution in [-0.2, 0) is 27.4 Å². The van der Waals surface area contributed by atoms with Gasteiger partial charge in [0.1, 0.15) is 29.7 Å². The third kappa shape index (κ3) is 7.79. The van der Waals surface area contributed by atoms with Crippen LogP contribution in [0.5, 0.6) is 5.75 Å². The molecule has 0 radical (unpaired) electrons. The Labute approximate surface area is 255 Å². The maximum Gasteiger partial charge on any atom is 0.425 e. The Kier molecular flexibility index (Phi) is 9.73. The zero-order chi connectivity index (χ0) is 32.3. The molecule has 1 N–H and O–H groups in total. The predicted octanol–water partition coefficient (Wildman–Crippen LogP) is 6.38. The quantitative estimate of drug-likeness (QED) is 0.194. The molecule has 2 aromatic carbocycles. The largest absolute Gasteiger partial charge is 0.480 e. The summed E-state index contributed by atoms with van der Waals surface area (Å²) >= 11 is 0. The SMILES string of the molecule is CCn1c(COC2CCCCO2)nn(-c2cc(O[C@@H](C)C(F)(F)F)c(/C(F)=C/c3cccc(NC(=O)C4CC4)c3)cc2F)c1=O. The molecule has 2 heterocycles. The number of carbonyl (C=O) groups excluding carboxylic acids is 1. The molecule has 0 spiro atoms. The molecule has 242 valence electrons. The van der Waals surface area contributed by atoms with Crippen molar-refractivity contribution < 1.29 is 41.0 Å². The van der Waals surface area contributed by atoms with Gasteiger partial charge in [-0.25, -0.2) is 13.6 Å². The standard InChI is InChI=1S/C31H33F5N4O5/c1-3-39-27(17-44-28-9-4-5-12-43-28)38-40(30(39)42)25-16-26(45-18(2)31(34,35)36)22(15-24(25)33)23(32)14-19-7-6-8-21(13-19)37-29(41)20-10-11-20/h6-8,13-16,18,20,28H,3-5,9-12,17H2,1-2H3,(H,37,41)/b23-14-/t18-,28?/m0/s1. The average Bonchev–Trinajstić information content (AvgIpc) is 3.81. The highest BCUT2D eigenvalue weighted by molar-refractivity contribution is 5.94. The maximum atomic E-state index is 15.7. The number of rotatable bonds is 11. The van der Waals surface area contributed by atoms with Crippen LogP contribution in [0.15, 0.2) is 41.2 Å². The first-order valence-electron chi connectivity index (χ1n) is 14.7. The second-order valence-corrected chi connectivity index (χ2v) is 10.9. The fourth-order valence-corrected chi connectivity index (χ4v) is 4.80. The van der Waals surface area contributed by atoms with Crippen molar-refractivity contribution in [2.24, 2.45) is 5.92 Å². The number of anilines is 1. The number of hydrogen-bond acceptors (Lipinski definition) is 6. The van der Waals surface area contributed by atoms with E-state index in [1.165, 1.54) is 16.7 Å². The smallest absolute Gasteiger partial charge is 0.425 e. The summed E-state index contributed by atoms with van der Waals surface area (Å²) in [6, 6.07) is 7.62. The van der Waals surface area contributed by atoms with Crippen LogP contribution < -0.4 is 15.7 Å². The fourth-order valence-electron chi connectivity index (χ4n) is 4.80. The van der Waals surface area contributed by atoms with E-state index in [9.17, 15) is 22.8 Å². The number of nitrogens with one attached hydrogen (secondary N) is 1. The molecule has 2 fully saturated rings. The first-order valence-corrected chi connectivity index (χ1v) is 14.7. The summed E-state index contributed by atoms with van der Waals surface area (Å²) in [7, 11) is 0. The minimum Gasteiger partial charge on any atom is -0.480 e. The molecule has 0 bridgehead atoms. The Morgan fingerprint density at radius 2 is 1.98 bits per heavy atom. The number of alkyl halides is 3. The molecule has 14 heteroatoms. The summed E-state index contributed by atoms with van der Waals surface area (Å²) < 4.78 is 90.0. The lowest BCUT2D eigenvalue weighted by molar-refractivity contribution is -0.189. The van der Waals surface area contributed by atoms with E-state index in [-0.39, 0.29) is 36.4 Å². The second-order valence-electron chi connectivity index (χ2n) is 10.9. The van der Waals surface area contributed by atoms with Gasteiger partial charge in [-0.15, -0.1) is 5.10 Å². The average molecular weight is 637 g/mol. The monoisotopic (exact) mass is 636 g/mol. The Morgan fingerprint density at radius 3 is 2.64 bits per heavy atom. The van der Waals surface area contributed by atoms with Crippen LogP contribution in [0, 0.1) is 11.7 Å². The number of ether oxygens (including phenoxy) is 3. The summed E-state index contributed by atoms with van der Waals surface area (Å²) in [4.78, 5) is 25.3. The van der Waals surface area contributed by atoms with Gasteiger partial charge in [-0.1, -0.05) is 12.1 Å². The first-order chi connectivity index (χ1) is 21.4. The number of aromatic nitrogens is 3. The molecule has 1 saturated heterocycles. The predicted molar refractivity (Wildman–Crippen MR) is 155 cm³/mol. The van der Waals surface area contributed by atoms with Crippen LogP contribution >= 0.6 is 0 Å². The van der Waals surface area contributed by atoms with Gasteiger partial charge in [-0.05, 0) is 75.8 Å². The van der Waals surface area contributed by atoms with E-state index in [4.69, 9.17) is 14.2 Å². The van der Waals surface area contributed by atoms with Gasteiger partial charge in [0.2, 0.25) is 5.91 Å². The molecule has 5 rings (SSSR count). The van der Waals surface area contributed by atoms with Gasteiger partial charge in [0, 0.05) is 30.8 Å². The zero-order valence-electron chi connectivity index (χ0n) is 24.7. The van der Waals surface area contributed by atoms with Crippen LogP contribution in [0.25, 0.3) is 17.6 Å². The van der Waals surface area contributed by atoms with E-state index in [2.05, 4.69) is 10.4 Å². The summed E-state index contributed by atoms with van der Waals surface area (Å²) in [5, 5.41) is 6.92. The van der Waals surface area contributed by atoms with Crippen molar-refractivity contribution in [2.75, 3.05) is 11.9 Å². The lowest BCUT2D eigenvalue weighted by Gasteiger charge is -2.22. The molecule has 2 atom stereocenters. The van der Waals surface area contributed by atoms with Gasteiger partial charge in [0.15, 0.2) is 18.2 Å². The van der Waals surface area contributed by atoms with Gasteiger partial charge in [-0.2, -0.15) is 17.9 Å². The van der Waals surface area contributed by atoms with Crippen LogP contribution in [0.2, 0.25) is 0 Å². The third-order valence-electron chi connectivity index (χ3n) is 7.49. The summed E-state index contributed by atoms with van der Waals surface area (Å²) in [6.45, 7) is 2.94. The Bertz CT molecular complexity index is 1620. The Morgan fingerprint density at radius 1 is 1.20 bits per heavy atom. The molecule has 1 unspecified atom stereocenters. The maximum absolute atomic E-state index is 15.7. The second kappa shape index (κ2) is 13.5. The highest BCUT2D eigenvalue weighted by atomic mass is 19.4. The minimum absolute atomic E-state index is 0.0662. The van der Waals surface area contributed by atoms with E-state index in [0.29, 0.717) is 29.5 Å². The molecule has 1 aliphatic carbocycles. The number of hydrogen-bond donors (Lipinski definition) is 1. The topological polar surface area (TPSA) is 96.6 Å². The van der Waals surface area contributed by atoms with Crippen LogP contribution in [0.4, 0.5) is 27.6 Å². The number of halogens is 5. The summed E-state index contributed by atoms with van der Waals surface area (Å²) in [6.07, 6.45) is -2.69. The zero-order valence-corrected chi connectivity index (χ0v) is 24.7. The van der Waals surface area contributed by atoms with Crippen LogP contribution in [-0.4, -0.2) is 45.4 Å². The van der Waals surface area contributed by atoms with Crippen LogP contribution in [0.1, 0.15) is 62.9 Å². The van der Waals surface area contributed by atoms with Crippen molar-refractivity contribution in [1.82, 2.24) is 14.3 Å². The molecule has 45 heavy (non-hydrogen) atoms. The van der Waals surface area contributed by atoms with E-state index in [1.54, 1.807) is 19.1 Å². The van der Waals surface area contributed by atoms with Crippen molar-refractivity contribution in [3.8, 4) is 11.4 Å². The lowest BCUT2D eigenvalue weighted by atomic mass is 10.1. The number of benzene rings is 2. The first kappa shape index (κ1) is 32.4. The van der Waals surface area contributed by atoms with Crippen molar-refractivity contribution in [3.63, 3.8) is 0 Å². The highest BCUT2D eigenvalue weighted by Crippen LogP contribution is 2.36. The normalized spacial score (nSPS) is 18.1. The molecule has 1 saturated carbocycles. The molecular formula is C31H33F5N4O5. The van der Waals surface area contributed by atoms with Gasteiger partial charge in [-0.3, -0.25) is 9.36 Å². The molecular weight excluding hydrogens is 603 g/mol. The third-order valence-corrected chi connectivity index (χ3v) is 7.49. The Hall–Kier alpha value is -4.04. The number of amides is 1. The van der Waals surface area contributed by atoms with E-state index >= 15 is 8.78 Å². The molecule has 3 aromatic rings. The van der Waals surface area contributed by atoms with Gasteiger partial charge < -0.3 is 19.5 Å². The van der Waals surface area contributed by atoms with E-state index in [0.717, 1.165) is 44.7 Å². The van der Waals surface area contributed by atoms with Crippen molar-refractivity contribution in [2.45, 2.75) is 77.7 Å². The minimum atomic E-state index is -4.83. The molecule has 1 amide bonds. The van der Waals surface area contributed by atoms with E-state index < -0.39 is 52.9 Å².